The zero-order valence-corrected chi connectivity index (χ0v) is 12.8. The molecule has 0 aromatic carbocycles. The van der Waals surface area contributed by atoms with Gasteiger partial charge in [-0.15, -0.1) is 0 Å². The van der Waals surface area contributed by atoms with Crippen LogP contribution in [0.25, 0.3) is 0 Å². The maximum Gasteiger partial charge on any atom is 0.324 e. The van der Waals surface area contributed by atoms with E-state index in [-0.39, 0.29) is 24.0 Å². The zero-order chi connectivity index (χ0) is 14.7. The van der Waals surface area contributed by atoms with Crippen LogP contribution in [0.4, 0.5) is 0 Å². The van der Waals surface area contributed by atoms with E-state index in [1.165, 1.54) is 0 Å². The number of hydrogen-bond donors (Lipinski definition) is 0. The first-order valence-corrected chi connectivity index (χ1v) is 7.74. The van der Waals surface area contributed by atoms with Crippen molar-refractivity contribution in [3.05, 3.63) is 0 Å². The molecule has 5 atom stereocenters. The van der Waals surface area contributed by atoms with Gasteiger partial charge in [0.05, 0.1) is 0 Å². The lowest BCUT2D eigenvalue weighted by Crippen LogP contribution is -2.45. The monoisotopic (exact) mass is 280 g/mol. The molecule has 0 radical (unpaired) electrons. The molecule has 0 spiro atoms. The smallest absolute Gasteiger partial charge is 0.324 e. The molecule has 20 heavy (non-hydrogen) atoms. The lowest BCUT2D eigenvalue weighted by atomic mass is 9.70. The first-order chi connectivity index (χ1) is 9.29. The second kappa shape index (κ2) is 4.22. The molecule has 1 heterocycles. The van der Waals surface area contributed by atoms with Crippen LogP contribution >= 0.6 is 0 Å². The maximum atomic E-state index is 12.6. The Morgan fingerprint density at radius 3 is 2.75 bits per heavy atom. The van der Waals surface area contributed by atoms with Crippen LogP contribution in [0.5, 0.6) is 0 Å². The average Bonchev–Trinajstić information content (AvgIpc) is 2.89. The Bertz CT molecular complexity index is 450. The third kappa shape index (κ3) is 1.73. The number of carbonyl (C=O) groups is 2. The van der Waals surface area contributed by atoms with Gasteiger partial charge in [-0.2, -0.15) is 0 Å². The van der Waals surface area contributed by atoms with Gasteiger partial charge in [0.15, 0.2) is 5.41 Å². The maximum absolute atomic E-state index is 12.6. The van der Waals surface area contributed by atoms with Gasteiger partial charge in [-0.3, -0.25) is 9.59 Å². The van der Waals surface area contributed by atoms with Crippen LogP contribution in [-0.4, -0.2) is 23.6 Å². The van der Waals surface area contributed by atoms with E-state index < -0.39 is 11.0 Å². The van der Waals surface area contributed by atoms with Crippen molar-refractivity contribution in [2.24, 2.45) is 23.2 Å². The molecule has 0 N–H and O–H groups in total. The number of fused-ring (bicyclic) bond motifs is 1. The van der Waals surface area contributed by atoms with Gasteiger partial charge in [-0.25, -0.2) is 0 Å². The van der Waals surface area contributed by atoms with Crippen molar-refractivity contribution in [3.63, 3.8) is 0 Å². The molecule has 2 aliphatic carbocycles. The van der Waals surface area contributed by atoms with E-state index in [1.54, 1.807) is 0 Å². The van der Waals surface area contributed by atoms with Crippen molar-refractivity contribution in [2.75, 3.05) is 0 Å². The lowest BCUT2D eigenvalue weighted by molar-refractivity contribution is -0.174. The summed E-state index contributed by atoms with van der Waals surface area (Å²) in [5.41, 5.74) is -1.55. The Morgan fingerprint density at radius 2 is 2.15 bits per heavy atom. The van der Waals surface area contributed by atoms with Gasteiger partial charge < -0.3 is 9.47 Å². The highest BCUT2D eigenvalue weighted by atomic mass is 16.6. The second-order valence-corrected chi connectivity index (χ2v) is 7.60. The molecule has 2 bridgehead atoms. The molecule has 3 fully saturated rings. The van der Waals surface area contributed by atoms with Gasteiger partial charge in [0, 0.05) is 5.92 Å². The van der Waals surface area contributed by atoms with Gasteiger partial charge in [0.1, 0.15) is 11.7 Å². The molecule has 0 aromatic heterocycles. The number of rotatable bonds is 3. The predicted molar refractivity (Wildman–Crippen MR) is 72.8 cm³/mol. The summed E-state index contributed by atoms with van der Waals surface area (Å²) < 4.78 is 11.1. The highest BCUT2D eigenvalue weighted by molar-refractivity contribution is 6.03. The molecule has 0 aromatic rings. The van der Waals surface area contributed by atoms with Crippen LogP contribution < -0.4 is 0 Å². The molecular weight excluding hydrogens is 256 g/mol. The minimum atomic E-state index is -0.993. The van der Waals surface area contributed by atoms with Crippen LogP contribution in [0.3, 0.4) is 0 Å². The molecule has 4 heteroatoms. The van der Waals surface area contributed by atoms with Gasteiger partial charge in [0.2, 0.25) is 0 Å². The lowest BCUT2D eigenvalue weighted by Gasteiger charge is -2.32. The largest absolute Gasteiger partial charge is 0.461 e. The molecule has 3 rings (SSSR count). The molecule has 0 amide bonds. The molecular formula is C16H24O4. The topological polar surface area (TPSA) is 52.6 Å². The van der Waals surface area contributed by atoms with E-state index in [0.717, 1.165) is 19.3 Å². The summed E-state index contributed by atoms with van der Waals surface area (Å²) in [7, 11) is 0. The van der Waals surface area contributed by atoms with Crippen molar-refractivity contribution >= 4 is 11.9 Å². The minimum Gasteiger partial charge on any atom is -0.461 e. The molecule has 2 saturated carbocycles. The summed E-state index contributed by atoms with van der Waals surface area (Å²) in [4.78, 5) is 25.0. The number of carbonyl (C=O) groups excluding carboxylic acids is 2. The fraction of sp³-hybridized carbons (Fsp3) is 0.875. The van der Waals surface area contributed by atoms with Gasteiger partial charge in [-0.05, 0) is 51.9 Å². The number of ether oxygens (including phenoxy) is 2. The zero-order valence-electron chi connectivity index (χ0n) is 12.8. The summed E-state index contributed by atoms with van der Waals surface area (Å²) >= 11 is 0. The molecule has 1 aliphatic heterocycles. The third-order valence-corrected chi connectivity index (χ3v) is 5.19. The number of esters is 2. The van der Waals surface area contributed by atoms with Gasteiger partial charge >= 0.3 is 11.9 Å². The number of hydrogen-bond acceptors (Lipinski definition) is 4. The average molecular weight is 280 g/mol. The molecule has 1 saturated heterocycles. The fourth-order valence-corrected chi connectivity index (χ4v) is 4.54. The van der Waals surface area contributed by atoms with Crippen LogP contribution in [0.1, 0.15) is 53.4 Å². The summed E-state index contributed by atoms with van der Waals surface area (Å²) in [6.07, 6.45) is 3.71. The Labute approximate surface area is 120 Å². The van der Waals surface area contributed by atoms with E-state index in [2.05, 4.69) is 6.92 Å². The molecule has 112 valence electrons. The van der Waals surface area contributed by atoms with Crippen molar-refractivity contribution in [1.82, 2.24) is 0 Å². The Balaban J connectivity index is 1.87. The minimum absolute atomic E-state index is 0.0475. The van der Waals surface area contributed by atoms with E-state index in [4.69, 9.17) is 9.47 Å². The predicted octanol–water partition coefficient (Wildman–Crippen LogP) is 2.70. The first-order valence-electron chi connectivity index (χ1n) is 7.74. The van der Waals surface area contributed by atoms with Crippen molar-refractivity contribution < 1.29 is 19.1 Å². The van der Waals surface area contributed by atoms with Crippen LogP contribution in [-0.2, 0) is 19.1 Å². The van der Waals surface area contributed by atoms with E-state index in [0.29, 0.717) is 18.3 Å². The molecule has 3 aliphatic rings. The Kier molecular flexibility index (Phi) is 2.93. The van der Waals surface area contributed by atoms with E-state index in [1.807, 2.05) is 20.8 Å². The van der Waals surface area contributed by atoms with Gasteiger partial charge in [0.25, 0.3) is 0 Å². The molecule has 4 nitrogen and oxygen atoms in total. The van der Waals surface area contributed by atoms with Gasteiger partial charge in [-0.1, -0.05) is 13.3 Å². The van der Waals surface area contributed by atoms with Crippen molar-refractivity contribution in [1.29, 1.82) is 0 Å². The third-order valence-electron chi connectivity index (χ3n) is 5.19. The molecule has 5 unspecified atom stereocenters. The second-order valence-electron chi connectivity index (χ2n) is 7.60. The highest BCUT2D eigenvalue weighted by Gasteiger charge is 2.74. The summed E-state index contributed by atoms with van der Waals surface area (Å²) in [5.74, 6) is 0.255. The van der Waals surface area contributed by atoms with Crippen molar-refractivity contribution in [2.45, 2.75) is 65.1 Å². The van der Waals surface area contributed by atoms with E-state index >= 15 is 0 Å². The van der Waals surface area contributed by atoms with Crippen molar-refractivity contribution in [3.8, 4) is 0 Å². The SMILES string of the molecule is CCCC1C2CC3C1OC(=O)C3(C(=O)OC(C)(C)C)C2. The highest BCUT2D eigenvalue weighted by Crippen LogP contribution is 2.65. The Hall–Kier alpha value is -1.06. The quantitative estimate of drug-likeness (QED) is 0.589. The fourth-order valence-electron chi connectivity index (χ4n) is 4.54. The van der Waals surface area contributed by atoms with Crippen LogP contribution in [0.15, 0.2) is 0 Å². The summed E-state index contributed by atoms with van der Waals surface area (Å²) in [5, 5.41) is 0. The van der Waals surface area contributed by atoms with Crippen LogP contribution in [0, 0.1) is 23.2 Å². The standard InChI is InChI=1S/C16H24O4/c1-5-6-10-9-7-11-12(10)19-13(17)16(11,8-9)14(18)20-15(2,3)4/h9-12H,5-8H2,1-4H3. The first kappa shape index (κ1) is 13.9. The summed E-state index contributed by atoms with van der Waals surface area (Å²) in [6, 6.07) is 0. The van der Waals surface area contributed by atoms with Crippen LogP contribution in [0.2, 0.25) is 0 Å². The normalized spacial score (nSPS) is 41.9. The Morgan fingerprint density at radius 1 is 1.45 bits per heavy atom. The van der Waals surface area contributed by atoms with E-state index in [9.17, 15) is 9.59 Å². The summed E-state index contributed by atoms with van der Waals surface area (Å²) in [6.45, 7) is 7.68.